The summed E-state index contributed by atoms with van der Waals surface area (Å²) in [4.78, 5) is 33.1. The van der Waals surface area contributed by atoms with E-state index in [9.17, 15) is 14.7 Å². The highest BCUT2D eigenvalue weighted by molar-refractivity contribution is 6.46. The number of nitrogens with one attached hydrogen (secondary N) is 1. The van der Waals surface area contributed by atoms with E-state index in [1.54, 1.807) is 47.6 Å². The summed E-state index contributed by atoms with van der Waals surface area (Å²) >= 11 is 0. The largest absolute Gasteiger partial charge is 0.507 e. The maximum atomic E-state index is 13.0. The second kappa shape index (κ2) is 10.2. The zero-order valence-corrected chi connectivity index (χ0v) is 18.3. The number of likely N-dealkylation sites (tertiary alicyclic amines) is 1. The van der Waals surface area contributed by atoms with E-state index in [0.717, 1.165) is 26.1 Å². The maximum absolute atomic E-state index is 13.0. The van der Waals surface area contributed by atoms with Crippen molar-refractivity contribution in [3.63, 3.8) is 0 Å². The first-order valence-corrected chi connectivity index (χ1v) is 10.7. The van der Waals surface area contributed by atoms with E-state index in [0.29, 0.717) is 23.4 Å². The Labute approximate surface area is 183 Å². The minimum Gasteiger partial charge on any atom is -0.507 e. The molecule has 0 saturated carbocycles. The molecule has 31 heavy (non-hydrogen) atoms. The molecule has 0 bridgehead atoms. The average molecular weight is 425 g/mol. The molecule has 0 unspecified atom stereocenters. The number of hydrogen-bond acceptors (Lipinski definition) is 5. The number of aromatic nitrogens is 1. The van der Waals surface area contributed by atoms with Gasteiger partial charge in [-0.15, -0.1) is 0 Å². The zero-order chi connectivity index (χ0) is 22.4. The Morgan fingerprint density at radius 1 is 1.19 bits per heavy atom. The van der Waals surface area contributed by atoms with Gasteiger partial charge in [0.2, 0.25) is 0 Å². The normalized spacial score (nSPS) is 18.1. The molecule has 2 N–H and O–H groups in total. The van der Waals surface area contributed by atoms with Crippen molar-refractivity contribution in [2.45, 2.75) is 26.3 Å². The number of methoxy groups -OCH3 is 1. The van der Waals surface area contributed by atoms with Gasteiger partial charge in [-0.25, -0.2) is 0 Å². The molecule has 1 aromatic heterocycles. The van der Waals surface area contributed by atoms with Crippen molar-refractivity contribution in [3.05, 3.63) is 65.5 Å². The molecule has 1 saturated heterocycles. The molecular formula is C24H30N3O4+. The number of carbonyl (C=O) groups is 2. The summed E-state index contributed by atoms with van der Waals surface area (Å²) in [7, 11) is 1.53. The fourth-order valence-electron chi connectivity index (χ4n) is 4.02. The number of carbonyl (C=O) groups excluding carboxylic acids is 2. The van der Waals surface area contributed by atoms with Crippen LogP contribution < -0.4 is 9.64 Å². The van der Waals surface area contributed by atoms with Gasteiger partial charge in [-0.05, 0) is 37.6 Å². The van der Waals surface area contributed by atoms with Crippen molar-refractivity contribution < 1.29 is 24.3 Å². The Morgan fingerprint density at radius 3 is 2.61 bits per heavy atom. The van der Waals surface area contributed by atoms with E-state index in [-0.39, 0.29) is 11.3 Å². The standard InChI is InChI=1S/C24H29N3O4/c1-4-26(5-2)13-8-14-27-21(18-10-7-12-25-16-18)20(23(29)24(27)30)22(28)17-9-6-11-19(15-17)31-3/h6-7,9-12,15-16,21,28H,4-5,8,13-14H2,1-3H3/p+1/t21-/m1/s1. The van der Waals surface area contributed by atoms with Crippen LogP contribution in [0.2, 0.25) is 0 Å². The molecule has 1 atom stereocenters. The van der Waals surface area contributed by atoms with Crippen molar-refractivity contribution in [3.8, 4) is 5.75 Å². The van der Waals surface area contributed by atoms with Crippen LogP contribution in [0.4, 0.5) is 0 Å². The van der Waals surface area contributed by atoms with Gasteiger partial charge in [-0.1, -0.05) is 18.2 Å². The third-order valence-electron chi connectivity index (χ3n) is 5.81. The molecule has 1 aliphatic rings. The van der Waals surface area contributed by atoms with E-state index in [1.165, 1.54) is 12.0 Å². The minimum atomic E-state index is -0.677. The third kappa shape index (κ3) is 4.77. The van der Waals surface area contributed by atoms with Crippen LogP contribution in [0.1, 0.15) is 37.4 Å². The van der Waals surface area contributed by atoms with Crippen molar-refractivity contribution in [1.29, 1.82) is 0 Å². The van der Waals surface area contributed by atoms with Crippen molar-refractivity contribution >= 4 is 17.4 Å². The van der Waals surface area contributed by atoms with Crippen LogP contribution in [0.3, 0.4) is 0 Å². The SMILES string of the molecule is CC[NH+](CC)CCCN1C(=O)C(=O)C(=C(O)c2cccc(OC)c2)[C@H]1c1cccnc1. The lowest BCUT2D eigenvalue weighted by atomic mass is 9.96. The Hall–Kier alpha value is -3.19. The highest BCUT2D eigenvalue weighted by Gasteiger charge is 2.46. The number of hydrogen-bond donors (Lipinski definition) is 2. The van der Waals surface area contributed by atoms with Crippen molar-refractivity contribution in [1.82, 2.24) is 9.88 Å². The number of Topliss-reactive ketones (excluding diaryl/α,β-unsaturated/α-hetero) is 1. The lowest BCUT2D eigenvalue weighted by Gasteiger charge is -2.25. The molecular weight excluding hydrogens is 394 g/mol. The predicted molar refractivity (Wildman–Crippen MR) is 118 cm³/mol. The monoisotopic (exact) mass is 424 g/mol. The Bertz CT molecular complexity index is 954. The van der Waals surface area contributed by atoms with Gasteiger partial charge in [0.25, 0.3) is 11.7 Å². The van der Waals surface area contributed by atoms with Crippen LogP contribution in [-0.2, 0) is 9.59 Å². The lowest BCUT2D eigenvalue weighted by Crippen LogP contribution is -3.11. The maximum Gasteiger partial charge on any atom is 0.295 e. The first-order chi connectivity index (χ1) is 15.0. The van der Waals surface area contributed by atoms with Crippen LogP contribution in [0.15, 0.2) is 54.4 Å². The summed E-state index contributed by atoms with van der Waals surface area (Å²) in [6.45, 7) is 7.63. The van der Waals surface area contributed by atoms with Gasteiger partial charge in [0, 0.05) is 30.9 Å². The fraction of sp³-hybridized carbons (Fsp3) is 0.375. The van der Waals surface area contributed by atoms with Gasteiger partial charge in [0.05, 0.1) is 38.4 Å². The molecule has 164 valence electrons. The van der Waals surface area contributed by atoms with Crippen LogP contribution in [0.25, 0.3) is 5.76 Å². The van der Waals surface area contributed by atoms with E-state index >= 15 is 0 Å². The summed E-state index contributed by atoms with van der Waals surface area (Å²) < 4.78 is 5.24. The molecule has 1 aliphatic heterocycles. The molecule has 3 rings (SSSR count). The van der Waals surface area contributed by atoms with Gasteiger partial charge in [-0.3, -0.25) is 14.6 Å². The third-order valence-corrected chi connectivity index (χ3v) is 5.81. The molecule has 1 aromatic carbocycles. The van der Waals surface area contributed by atoms with E-state index in [2.05, 4.69) is 18.8 Å². The molecule has 0 spiro atoms. The van der Waals surface area contributed by atoms with Gasteiger partial charge in [0.1, 0.15) is 11.5 Å². The number of benzene rings is 1. The first-order valence-electron chi connectivity index (χ1n) is 10.7. The highest BCUT2D eigenvalue weighted by atomic mass is 16.5. The highest BCUT2D eigenvalue weighted by Crippen LogP contribution is 2.39. The van der Waals surface area contributed by atoms with E-state index in [4.69, 9.17) is 4.74 Å². The van der Waals surface area contributed by atoms with Crippen LogP contribution >= 0.6 is 0 Å². The predicted octanol–water partition coefficient (Wildman–Crippen LogP) is 1.83. The van der Waals surface area contributed by atoms with Gasteiger partial charge in [-0.2, -0.15) is 0 Å². The average Bonchev–Trinajstić information content (AvgIpc) is 3.07. The number of quaternary nitrogens is 1. The minimum absolute atomic E-state index is 0.0847. The fourth-order valence-corrected chi connectivity index (χ4v) is 4.02. The quantitative estimate of drug-likeness (QED) is 0.365. The molecule has 0 radical (unpaired) electrons. The molecule has 7 nitrogen and oxygen atoms in total. The molecule has 7 heteroatoms. The molecule has 2 heterocycles. The Kier molecular flexibility index (Phi) is 7.41. The number of aliphatic hydroxyl groups excluding tert-OH is 1. The van der Waals surface area contributed by atoms with Crippen molar-refractivity contribution in [2.24, 2.45) is 0 Å². The zero-order valence-electron chi connectivity index (χ0n) is 18.3. The molecule has 2 aromatic rings. The number of ketones is 1. The van der Waals surface area contributed by atoms with Crippen LogP contribution in [-0.4, -0.2) is 60.0 Å². The second-order valence-corrected chi connectivity index (χ2v) is 7.57. The molecule has 1 amide bonds. The van der Waals surface area contributed by atoms with Gasteiger partial charge in [0.15, 0.2) is 0 Å². The summed E-state index contributed by atoms with van der Waals surface area (Å²) in [5.41, 5.74) is 1.21. The van der Waals surface area contributed by atoms with Gasteiger partial charge < -0.3 is 19.6 Å². The second-order valence-electron chi connectivity index (χ2n) is 7.57. The smallest absolute Gasteiger partial charge is 0.295 e. The summed E-state index contributed by atoms with van der Waals surface area (Å²) in [5, 5.41) is 11.1. The molecule has 1 fully saturated rings. The number of rotatable bonds is 9. The first kappa shape index (κ1) is 22.5. The molecule has 0 aliphatic carbocycles. The van der Waals surface area contributed by atoms with E-state index < -0.39 is 17.7 Å². The topological polar surface area (TPSA) is 84.2 Å². The van der Waals surface area contributed by atoms with E-state index in [1.807, 2.05) is 6.07 Å². The lowest BCUT2D eigenvalue weighted by molar-refractivity contribution is -0.896. The van der Waals surface area contributed by atoms with Crippen LogP contribution in [0.5, 0.6) is 5.75 Å². The van der Waals surface area contributed by atoms with Crippen LogP contribution in [0, 0.1) is 0 Å². The number of pyridine rings is 1. The number of aliphatic hydroxyl groups is 1. The van der Waals surface area contributed by atoms with Crippen molar-refractivity contribution in [2.75, 3.05) is 33.3 Å². The summed E-state index contributed by atoms with van der Waals surface area (Å²) in [6, 6.07) is 9.74. The number of ether oxygens (including phenoxy) is 1. The Balaban J connectivity index is 2.01. The Morgan fingerprint density at radius 2 is 1.97 bits per heavy atom. The number of nitrogens with zero attached hydrogens (tertiary/aromatic N) is 2. The summed E-state index contributed by atoms with van der Waals surface area (Å²) in [5.74, 6) is -0.918. The number of amides is 1. The van der Waals surface area contributed by atoms with Gasteiger partial charge >= 0.3 is 0 Å². The summed E-state index contributed by atoms with van der Waals surface area (Å²) in [6.07, 6.45) is 4.04.